The molecule has 0 rings (SSSR count). The van der Waals surface area contributed by atoms with E-state index < -0.39 is 0 Å². The second kappa shape index (κ2) is 45.6. The Bertz CT molecular complexity index is 302. The van der Waals surface area contributed by atoms with E-state index in [1.165, 1.54) is 109 Å². The van der Waals surface area contributed by atoms with Crippen LogP contribution in [0, 0.1) is 0 Å². The van der Waals surface area contributed by atoms with Crippen LogP contribution in [0.5, 0.6) is 0 Å². The molecule has 0 aliphatic rings. The fraction of sp³-hybridized carbons (Fsp3) is 0.750. The van der Waals surface area contributed by atoms with Crippen LogP contribution in [0.1, 0.15) is 123 Å². The Labute approximate surface area is 186 Å². The fourth-order valence-corrected chi connectivity index (χ4v) is 0.500. The van der Waals surface area contributed by atoms with Gasteiger partial charge < -0.3 is 28.8 Å². The summed E-state index contributed by atoms with van der Waals surface area (Å²) in [5.74, 6) is 1.00. The summed E-state index contributed by atoms with van der Waals surface area (Å²) in [5.41, 5.74) is 0. The number of carbonyl (C=O) groups is 6. The number of hydrogen-bond acceptors (Lipinski definition) is 6. The zero-order valence-corrected chi connectivity index (χ0v) is 22.3. The molecule has 0 radical (unpaired) electrons. The van der Waals surface area contributed by atoms with Crippen LogP contribution in [0.4, 0.5) is 0 Å². The Balaban J connectivity index is -0.0000000414. The van der Waals surface area contributed by atoms with E-state index in [-0.39, 0.29) is 34.7 Å². The first-order chi connectivity index (χ1) is 13.3. The van der Waals surface area contributed by atoms with Gasteiger partial charge in [0.25, 0.3) is 0 Å². The minimum absolute atomic E-state index is 0.167. The third kappa shape index (κ3) is 15700. The van der Waals surface area contributed by atoms with Crippen molar-refractivity contribution in [3.63, 3.8) is 0 Å². The monoisotopic (exact) mass is 434 g/mol. The van der Waals surface area contributed by atoms with Gasteiger partial charge in [0.2, 0.25) is 0 Å². The van der Waals surface area contributed by atoms with Crippen LogP contribution < -0.4 is 0 Å². The van der Waals surface area contributed by atoms with Crippen LogP contribution in [0.25, 0.3) is 0 Å². The average Bonchev–Trinajstić information content (AvgIpc) is 2.41. The van der Waals surface area contributed by atoms with Crippen molar-refractivity contribution >= 4 is 34.7 Å². The molecule has 0 aliphatic heterocycles. The van der Waals surface area contributed by atoms with Crippen LogP contribution in [-0.2, 0) is 28.8 Å². The van der Waals surface area contributed by atoms with Crippen LogP contribution >= 0.6 is 0 Å². The summed E-state index contributed by atoms with van der Waals surface area (Å²) < 4.78 is 0. The maximum absolute atomic E-state index is 9.44. The van der Waals surface area contributed by atoms with Crippen LogP contribution in [0.15, 0.2) is 0 Å². The van der Waals surface area contributed by atoms with Crippen molar-refractivity contribution in [2.24, 2.45) is 0 Å². The van der Waals surface area contributed by atoms with Gasteiger partial charge in [0, 0.05) is 0 Å². The van der Waals surface area contributed by atoms with Crippen LogP contribution in [0.3, 0.4) is 0 Å². The van der Waals surface area contributed by atoms with Gasteiger partial charge in [0.1, 0.15) is 34.7 Å². The molecule has 6 nitrogen and oxygen atoms in total. The maximum Gasteiger partial charge on any atom is 0.126 e. The van der Waals surface area contributed by atoms with E-state index in [1.807, 2.05) is 0 Å². The zero-order valence-electron chi connectivity index (χ0n) is 22.3. The van der Waals surface area contributed by atoms with Crippen LogP contribution in [0.2, 0.25) is 0 Å². The molecule has 0 aromatic carbocycles. The number of carbonyl (C=O) groups excluding carboxylic acids is 6. The molecule has 0 amide bonds. The second-order valence-corrected chi connectivity index (χ2v) is 7.16. The van der Waals surface area contributed by atoms with Crippen molar-refractivity contribution in [3.05, 3.63) is 0 Å². The first-order valence-corrected chi connectivity index (χ1v) is 10.1. The molecule has 0 N–H and O–H groups in total. The number of ketones is 6. The molecule has 0 fully saturated rings. The van der Waals surface area contributed by atoms with Gasteiger partial charge in [-0.25, -0.2) is 0 Å². The Morgan fingerprint density at radius 1 is 0.333 bits per heavy atom. The predicted molar refractivity (Wildman–Crippen MR) is 128 cm³/mol. The van der Waals surface area contributed by atoms with Crippen LogP contribution in [-0.4, -0.2) is 34.7 Å². The van der Waals surface area contributed by atoms with Gasteiger partial charge in [-0.15, -0.1) is 0 Å². The number of hydrogen-bond donors (Lipinski definition) is 0. The normalized spacial score (nSPS) is 7.00. The largest absolute Gasteiger partial charge is 0.300 e. The van der Waals surface area contributed by atoms with Crippen molar-refractivity contribution in [1.29, 1.82) is 0 Å². The molecule has 0 saturated carbocycles. The lowest BCUT2D eigenvalue weighted by Gasteiger charge is -1.86. The molecule has 0 unspecified atom stereocenters. The molecule has 0 aromatic rings. The van der Waals surface area contributed by atoms with E-state index in [0.29, 0.717) is 0 Å². The molecule has 0 spiro atoms. The SMILES string of the molecule is CC(C)=O.CC(C)=O.CC(C)=O.CC(C)=O.CC(C)=O.CC(C)=O.CCCCCC. The molecule has 0 atom stereocenters. The molecule has 0 saturated heterocycles. The lowest BCUT2D eigenvalue weighted by molar-refractivity contribution is -0.115. The second-order valence-electron chi connectivity index (χ2n) is 7.16. The maximum atomic E-state index is 9.44. The third-order valence-corrected chi connectivity index (χ3v) is 0.957. The van der Waals surface area contributed by atoms with E-state index >= 15 is 0 Å². The predicted octanol–water partition coefficient (Wildman–Crippen LogP) is 6.16. The van der Waals surface area contributed by atoms with Gasteiger partial charge in [0.15, 0.2) is 0 Å². The van der Waals surface area contributed by atoms with Gasteiger partial charge in [-0.2, -0.15) is 0 Å². The summed E-state index contributed by atoms with van der Waals surface area (Å²) in [6, 6.07) is 0. The smallest absolute Gasteiger partial charge is 0.126 e. The summed E-state index contributed by atoms with van der Waals surface area (Å²) >= 11 is 0. The average molecular weight is 435 g/mol. The first kappa shape index (κ1) is 46.3. The van der Waals surface area contributed by atoms with Crippen molar-refractivity contribution in [3.8, 4) is 0 Å². The fourth-order valence-electron chi connectivity index (χ4n) is 0.500. The zero-order chi connectivity index (χ0) is 26.3. The van der Waals surface area contributed by atoms with Gasteiger partial charge in [0.05, 0.1) is 0 Å². The number of unbranched alkanes of at least 4 members (excludes halogenated alkanes) is 3. The highest BCUT2D eigenvalue weighted by Crippen LogP contribution is 1.95. The minimum Gasteiger partial charge on any atom is -0.300 e. The first-order valence-electron chi connectivity index (χ1n) is 10.1. The lowest BCUT2D eigenvalue weighted by atomic mass is 10.2. The van der Waals surface area contributed by atoms with Crippen molar-refractivity contribution in [1.82, 2.24) is 0 Å². The Morgan fingerprint density at radius 2 is 0.400 bits per heavy atom. The molecule has 182 valence electrons. The Morgan fingerprint density at radius 3 is 0.433 bits per heavy atom. The summed E-state index contributed by atoms with van der Waals surface area (Å²) in [7, 11) is 0. The van der Waals surface area contributed by atoms with E-state index in [4.69, 9.17) is 0 Å². The Hall–Kier alpha value is -1.98. The molecule has 30 heavy (non-hydrogen) atoms. The van der Waals surface area contributed by atoms with E-state index in [9.17, 15) is 28.8 Å². The van der Waals surface area contributed by atoms with Gasteiger partial charge >= 0.3 is 0 Å². The van der Waals surface area contributed by atoms with Gasteiger partial charge in [-0.3, -0.25) is 0 Å². The van der Waals surface area contributed by atoms with Crippen molar-refractivity contribution in [2.45, 2.75) is 123 Å². The van der Waals surface area contributed by atoms with Gasteiger partial charge in [-0.1, -0.05) is 39.5 Å². The van der Waals surface area contributed by atoms with Crippen molar-refractivity contribution in [2.75, 3.05) is 0 Å². The quantitative estimate of drug-likeness (QED) is 0.493. The third-order valence-electron chi connectivity index (χ3n) is 0.957. The lowest BCUT2D eigenvalue weighted by Crippen LogP contribution is -1.69. The molecule has 0 aromatic heterocycles. The molecule has 0 aliphatic carbocycles. The molecular formula is C24H50O6. The molecule has 6 heteroatoms. The Kier molecular flexibility index (Phi) is 70.4. The molecule has 0 heterocycles. The van der Waals surface area contributed by atoms with Crippen molar-refractivity contribution < 1.29 is 28.8 Å². The summed E-state index contributed by atoms with van der Waals surface area (Å²) in [4.78, 5) is 56.7. The number of Topliss-reactive ketones (excluding diaryl/α,β-unsaturated/α-hetero) is 6. The van der Waals surface area contributed by atoms with E-state index in [0.717, 1.165) is 0 Å². The van der Waals surface area contributed by atoms with Gasteiger partial charge in [-0.05, 0) is 83.1 Å². The minimum atomic E-state index is 0.167. The number of rotatable bonds is 3. The summed E-state index contributed by atoms with van der Waals surface area (Å²) in [5, 5.41) is 0. The highest BCUT2D eigenvalue weighted by atomic mass is 16.1. The highest BCUT2D eigenvalue weighted by molar-refractivity contribution is 5.73. The highest BCUT2D eigenvalue weighted by Gasteiger charge is 1.75. The summed E-state index contributed by atoms with van der Waals surface area (Å²) in [6.45, 7) is 22.8. The summed E-state index contributed by atoms with van der Waals surface area (Å²) in [6.07, 6.45) is 5.54. The standard InChI is InChI=1S/C6H14.6C3H6O/c1-3-5-6-4-2;6*1-3(2)4/h3-6H2,1-2H3;6*1-2H3. The molecular weight excluding hydrogens is 384 g/mol. The van der Waals surface area contributed by atoms with E-state index in [1.54, 1.807) is 0 Å². The topological polar surface area (TPSA) is 102 Å². The molecule has 0 bridgehead atoms. The van der Waals surface area contributed by atoms with E-state index in [2.05, 4.69) is 13.8 Å².